The predicted molar refractivity (Wildman–Crippen MR) is 90.5 cm³/mol. The van der Waals surface area contributed by atoms with E-state index in [9.17, 15) is 4.79 Å². The highest BCUT2D eigenvalue weighted by Gasteiger charge is 2.28. The monoisotopic (exact) mass is 333 g/mol. The standard InChI is InChI=1S/C15H23N3O.2ClH/c1-11-6-7-13(12(2)18-11)14(19)17-10-15(16)8-4-3-5-9-15;;/h6-7H,3-5,8-10,16H2,1-2H3,(H,17,19);2*1H. The Kier molecular flexibility index (Phi) is 8.22. The normalized spacial score (nSPS) is 16.3. The lowest BCUT2D eigenvalue weighted by atomic mass is 9.82. The number of nitrogens with two attached hydrogens (primary N) is 1. The van der Waals surface area contributed by atoms with Gasteiger partial charge in [-0.3, -0.25) is 9.78 Å². The van der Waals surface area contributed by atoms with Crippen molar-refractivity contribution in [1.82, 2.24) is 10.3 Å². The Morgan fingerprint density at radius 2 is 1.86 bits per heavy atom. The van der Waals surface area contributed by atoms with E-state index in [0.717, 1.165) is 37.1 Å². The molecule has 1 saturated carbocycles. The maximum atomic E-state index is 12.2. The third-order valence-electron chi connectivity index (χ3n) is 3.92. The number of rotatable bonds is 3. The number of aryl methyl sites for hydroxylation is 2. The van der Waals surface area contributed by atoms with Crippen molar-refractivity contribution >= 4 is 30.7 Å². The van der Waals surface area contributed by atoms with E-state index in [-0.39, 0.29) is 36.3 Å². The molecule has 0 radical (unpaired) electrons. The van der Waals surface area contributed by atoms with E-state index in [2.05, 4.69) is 10.3 Å². The number of carbonyl (C=O) groups excluding carboxylic acids is 1. The van der Waals surface area contributed by atoms with Gasteiger partial charge in [0.15, 0.2) is 0 Å². The van der Waals surface area contributed by atoms with Crippen LogP contribution in [0.1, 0.15) is 53.8 Å². The molecule has 0 atom stereocenters. The first-order chi connectivity index (χ1) is 9.00. The van der Waals surface area contributed by atoms with E-state index < -0.39 is 0 Å². The van der Waals surface area contributed by atoms with Gasteiger partial charge >= 0.3 is 0 Å². The highest BCUT2D eigenvalue weighted by Crippen LogP contribution is 2.25. The van der Waals surface area contributed by atoms with Gasteiger partial charge in [-0.15, -0.1) is 24.8 Å². The van der Waals surface area contributed by atoms with Gasteiger partial charge in [0, 0.05) is 17.8 Å². The van der Waals surface area contributed by atoms with E-state index in [4.69, 9.17) is 5.73 Å². The van der Waals surface area contributed by atoms with Gasteiger partial charge < -0.3 is 11.1 Å². The van der Waals surface area contributed by atoms with E-state index >= 15 is 0 Å². The largest absolute Gasteiger partial charge is 0.350 e. The molecule has 120 valence electrons. The zero-order valence-corrected chi connectivity index (χ0v) is 14.3. The molecule has 1 aromatic rings. The average molecular weight is 334 g/mol. The summed E-state index contributed by atoms with van der Waals surface area (Å²) in [6, 6.07) is 3.69. The smallest absolute Gasteiger partial charge is 0.253 e. The molecule has 1 fully saturated rings. The lowest BCUT2D eigenvalue weighted by molar-refractivity contribution is 0.0936. The third kappa shape index (κ3) is 5.46. The van der Waals surface area contributed by atoms with Gasteiger partial charge in [-0.2, -0.15) is 0 Å². The van der Waals surface area contributed by atoms with Gasteiger partial charge in [0.2, 0.25) is 0 Å². The molecule has 6 heteroatoms. The summed E-state index contributed by atoms with van der Waals surface area (Å²) in [6.07, 6.45) is 5.58. The number of amides is 1. The van der Waals surface area contributed by atoms with Crippen LogP contribution >= 0.6 is 24.8 Å². The SMILES string of the molecule is Cc1ccc(C(=O)NCC2(N)CCCCC2)c(C)n1.Cl.Cl. The second-order valence-corrected chi connectivity index (χ2v) is 5.69. The van der Waals surface area contributed by atoms with Gasteiger partial charge in [-0.1, -0.05) is 19.3 Å². The van der Waals surface area contributed by atoms with Crippen molar-refractivity contribution in [2.45, 2.75) is 51.5 Å². The first kappa shape index (κ1) is 20.2. The molecule has 0 aromatic carbocycles. The first-order valence-corrected chi connectivity index (χ1v) is 7.01. The molecule has 2 rings (SSSR count). The summed E-state index contributed by atoms with van der Waals surface area (Å²) in [5, 5.41) is 2.97. The number of hydrogen-bond donors (Lipinski definition) is 2. The third-order valence-corrected chi connectivity index (χ3v) is 3.92. The van der Waals surface area contributed by atoms with Gasteiger partial charge in [-0.25, -0.2) is 0 Å². The van der Waals surface area contributed by atoms with Crippen molar-refractivity contribution in [2.75, 3.05) is 6.54 Å². The zero-order chi connectivity index (χ0) is 13.9. The summed E-state index contributed by atoms with van der Waals surface area (Å²) in [5.41, 5.74) is 8.44. The number of halogens is 2. The van der Waals surface area contributed by atoms with E-state index in [1.807, 2.05) is 26.0 Å². The number of hydrogen-bond acceptors (Lipinski definition) is 3. The van der Waals surface area contributed by atoms with Crippen molar-refractivity contribution in [3.8, 4) is 0 Å². The van der Waals surface area contributed by atoms with Crippen LogP contribution < -0.4 is 11.1 Å². The predicted octanol–water partition coefficient (Wildman–Crippen LogP) is 2.93. The Balaban J connectivity index is 0.00000200. The van der Waals surface area contributed by atoms with Gasteiger partial charge in [0.05, 0.1) is 11.3 Å². The van der Waals surface area contributed by atoms with Crippen LogP contribution in [0.4, 0.5) is 0 Å². The number of carbonyl (C=O) groups is 1. The Labute approximate surface area is 139 Å². The van der Waals surface area contributed by atoms with Crippen LogP contribution in [-0.4, -0.2) is 23.0 Å². The molecule has 1 aromatic heterocycles. The van der Waals surface area contributed by atoms with Crippen molar-refractivity contribution < 1.29 is 4.79 Å². The summed E-state index contributed by atoms with van der Waals surface area (Å²) in [7, 11) is 0. The molecule has 0 saturated heterocycles. The molecule has 4 nitrogen and oxygen atoms in total. The highest BCUT2D eigenvalue weighted by molar-refractivity contribution is 5.95. The lowest BCUT2D eigenvalue weighted by Crippen LogP contribution is -2.51. The fourth-order valence-corrected chi connectivity index (χ4v) is 2.71. The van der Waals surface area contributed by atoms with Crippen molar-refractivity contribution in [3.63, 3.8) is 0 Å². The molecule has 0 bridgehead atoms. The maximum Gasteiger partial charge on any atom is 0.253 e. The Hall–Kier alpha value is -0.840. The topological polar surface area (TPSA) is 68.0 Å². The second kappa shape index (κ2) is 8.57. The van der Waals surface area contributed by atoms with Crippen molar-refractivity contribution in [2.24, 2.45) is 5.73 Å². The molecule has 1 heterocycles. The Morgan fingerprint density at radius 3 is 2.43 bits per heavy atom. The lowest BCUT2D eigenvalue weighted by Gasteiger charge is -2.33. The number of pyridine rings is 1. The second-order valence-electron chi connectivity index (χ2n) is 5.69. The van der Waals surface area contributed by atoms with Crippen LogP contribution in [-0.2, 0) is 0 Å². The average Bonchev–Trinajstić information content (AvgIpc) is 2.37. The summed E-state index contributed by atoms with van der Waals surface area (Å²) < 4.78 is 0. The molecular weight excluding hydrogens is 309 g/mol. The van der Waals surface area contributed by atoms with Crippen LogP contribution in [0.3, 0.4) is 0 Å². The Morgan fingerprint density at radius 1 is 1.24 bits per heavy atom. The van der Waals surface area contributed by atoms with Gasteiger partial charge in [-0.05, 0) is 38.8 Å². The molecule has 0 spiro atoms. The summed E-state index contributed by atoms with van der Waals surface area (Å²) >= 11 is 0. The molecule has 1 amide bonds. The number of aromatic nitrogens is 1. The summed E-state index contributed by atoms with van der Waals surface area (Å²) in [4.78, 5) is 16.5. The molecule has 0 unspecified atom stereocenters. The van der Waals surface area contributed by atoms with E-state index in [1.54, 1.807) is 0 Å². The van der Waals surface area contributed by atoms with Crippen molar-refractivity contribution in [1.29, 1.82) is 0 Å². The molecule has 0 aliphatic heterocycles. The minimum atomic E-state index is -0.222. The van der Waals surface area contributed by atoms with Gasteiger partial charge in [0.25, 0.3) is 5.91 Å². The Bertz CT molecular complexity index is 474. The molecule has 1 aliphatic carbocycles. The zero-order valence-electron chi connectivity index (χ0n) is 12.6. The molecule has 3 N–H and O–H groups in total. The van der Waals surface area contributed by atoms with Crippen LogP contribution in [0, 0.1) is 13.8 Å². The highest BCUT2D eigenvalue weighted by atomic mass is 35.5. The summed E-state index contributed by atoms with van der Waals surface area (Å²) in [5.74, 6) is -0.0691. The minimum Gasteiger partial charge on any atom is -0.350 e. The first-order valence-electron chi connectivity index (χ1n) is 7.01. The molecule has 21 heavy (non-hydrogen) atoms. The maximum absolute atomic E-state index is 12.2. The van der Waals surface area contributed by atoms with Crippen LogP contribution in [0.5, 0.6) is 0 Å². The van der Waals surface area contributed by atoms with E-state index in [1.165, 1.54) is 6.42 Å². The quantitative estimate of drug-likeness (QED) is 0.893. The van der Waals surface area contributed by atoms with Crippen molar-refractivity contribution in [3.05, 3.63) is 29.1 Å². The van der Waals surface area contributed by atoms with Gasteiger partial charge in [0.1, 0.15) is 0 Å². The number of nitrogens with one attached hydrogen (secondary N) is 1. The fourth-order valence-electron chi connectivity index (χ4n) is 2.71. The van der Waals surface area contributed by atoms with Crippen LogP contribution in [0.15, 0.2) is 12.1 Å². The van der Waals surface area contributed by atoms with Crippen LogP contribution in [0.25, 0.3) is 0 Å². The minimum absolute atomic E-state index is 0. The fraction of sp³-hybridized carbons (Fsp3) is 0.600. The molecular formula is C15H25Cl2N3O. The molecule has 1 aliphatic rings. The van der Waals surface area contributed by atoms with E-state index in [0.29, 0.717) is 12.1 Å². The number of nitrogens with zero attached hydrogens (tertiary/aromatic N) is 1. The summed E-state index contributed by atoms with van der Waals surface area (Å²) in [6.45, 7) is 4.34. The van der Waals surface area contributed by atoms with Crippen LogP contribution in [0.2, 0.25) is 0 Å².